The fourth-order valence-corrected chi connectivity index (χ4v) is 4.54. The van der Waals surface area contributed by atoms with Crippen LogP contribution in [0.4, 0.5) is 17.6 Å². The molecule has 4 rings (SSSR count). The van der Waals surface area contributed by atoms with E-state index in [2.05, 4.69) is 22.1 Å². The van der Waals surface area contributed by atoms with E-state index in [4.69, 9.17) is 4.74 Å². The summed E-state index contributed by atoms with van der Waals surface area (Å²) in [6, 6.07) is 4.83. The molecule has 7 heteroatoms. The molecule has 0 unspecified atom stereocenters. The molecule has 3 aromatic rings. The van der Waals surface area contributed by atoms with Gasteiger partial charge in [-0.25, -0.2) is 23.1 Å². The summed E-state index contributed by atoms with van der Waals surface area (Å²) in [6.45, 7) is 3.80. The van der Waals surface area contributed by atoms with E-state index >= 15 is 0 Å². The van der Waals surface area contributed by atoms with Gasteiger partial charge in [-0.1, -0.05) is 18.2 Å². The SMILES string of the molecule is CC=CC1CCC(c2cnc(-c3ccc(-c4ccc(OCC)c(F)c4F)c(F)c3F)nc2)CC1. The average molecular weight is 471 g/mol. The number of rotatable bonds is 6. The Morgan fingerprint density at radius 2 is 1.38 bits per heavy atom. The average Bonchev–Trinajstić information content (AvgIpc) is 2.85. The quantitative estimate of drug-likeness (QED) is 0.275. The molecule has 2 aromatic carbocycles. The van der Waals surface area contributed by atoms with Crippen molar-refractivity contribution in [1.29, 1.82) is 0 Å². The van der Waals surface area contributed by atoms with Crippen LogP contribution in [-0.2, 0) is 0 Å². The Bertz CT molecular complexity index is 1190. The Hall–Kier alpha value is -3.22. The van der Waals surface area contributed by atoms with Gasteiger partial charge in [0.15, 0.2) is 29.0 Å². The molecule has 0 N–H and O–H groups in total. The predicted molar refractivity (Wildman–Crippen MR) is 123 cm³/mol. The van der Waals surface area contributed by atoms with Gasteiger partial charge in [-0.3, -0.25) is 0 Å². The largest absolute Gasteiger partial charge is 0.491 e. The van der Waals surface area contributed by atoms with Crippen LogP contribution in [-0.4, -0.2) is 16.6 Å². The summed E-state index contributed by atoms with van der Waals surface area (Å²) in [5.74, 6) is -4.37. The van der Waals surface area contributed by atoms with Crippen molar-refractivity contribution in [1.82, 2.24) is 9.97 Å². The lowest BCUT2D eigenvalue weighted by atomic mass is 9.79. The number of halogens is 4. The zero-order valence-corrected chi connectivity index (χ0v) is 19.1. The van der Waals surface area contributed by atoms with E-state index < -0.39 is 34.4 Å². The van der Waals surface area contributed by atoms with Gasteiger partial charge >= 0.3 is 0 Å². The summed E-state index contributed by atoms with van der Waals surface area (Å²) in [6.07, 6.45) is 11.9. The highest BCUT2D eigenvalue weighted by molar-refractivity contribution is 5.70. The summed E-state index contributed by atoms with van der Waals surface area (Å²) in [7, 11) is 0. The minimum atomic E-state index is -1.30. The van der Waals surface area contributed by atoms with Crippen molar-refractivity contribution in [2.24, 2.45) is 5.92 Å². The van der Waals surface area contributed by atoms with Gasteiger partial charge in [0.05, 0.1) is 12.2 Å². The fraction of sp³-hybridized carbons (Fsp3) is 0.333. The lowest BCUT2D eigenvalue weighted by Crippen LogP contribution is -2.12. The van der Waals surface area contributed by atoms with Crippen LogP contribution in [0.3, 0.4) is 0 Å². The van der Waals surface area contributed by atoms with Gasteiger partial charge in [-0.2, -0.15) is 4.39 Å². The lowest BCUT2D eigenvalue weighted by molar-refractivity contribution is 0.314. The molecule has 0 spiro atoms. The predicted octanol–water partition coefficient (Wildman–Crippen LogP) is 7.62. The van der Waals surface area contributed by atoms with E-state index in [-0.39, 0.29) is 23.7 Å². The number of benzene rings is 2. The molecule has 1 aromatic heterocycles. The molecule has 1 fully saturated rings. The van der Waals surface area contributed by atoms with Crippen molar-refractivity contribution in [2.75, 3.05) is 6.61 Å². The zero-order valence-electron chi connectivity index (χ0n) is 19.1. The summed E-state index contributed by atoms with van der Waals surface area (Å²) < 4.78 is 63.6. The number of allylic oxidation sites excluding steroid dienone is 2. The van der Waals surface area contributed by atoms with E-state index in [0.29, 0.717) is 11.8 Å². The van der Waals surface area contributed by atoms with Crippen LogP contribution in [0.1, 0.15) is 51.0 Å². The van der Waals surface area contributed by atoms with Gasteiger partial charge in [0, 0.05) is 23.5 Å². The van der Waals surface area contributed by atoms with Crippen LogP contribution in [0.25, 0.3) is 22.5 Å². The van der Waals surface area contributed by atoms with Crippen molar-refractivity contribution in [2.45, 2.75) is 45.4 Å². The molecular formula is C27H26F4N2O. The zero-order chi connectivity index (χ0) is 24.2. The van der Waals surface area contributed by atoms with Gasteiger partial charge in [-0.15, -0.1) is 0 Å². The highest BCUT2D eigenvalue weighted by Gasteiger charge is 2.24. The van der Waals surface area contributed by atoms with Crippen molar-refractivity contribution < 1.29 is 22.3 Å². The molecule has 0 amide bonds. The molecule has 178 valence electrons. The summed E-state index contributed by atoms with van der Waals surface area (Å²) >= 11 is 0. The van der Waals surface area contributed by atoms with E-state index in [1.165, 1.54) is 18.2 Å². The van der Waals surface area contributed by atoms with Crippen LogP contribution in [0, 0.1) is 29.2 Å². The Balaban J connectivity index is 1.58. The summed E-state index contributed by atoms with van der Waals surface area (Å²) in [5, 5.41) is 0. The second-order valence-corrected chi connectivity index (χ2v) is 8.44. The molecule has 1 saturated carbocycles. The van der Waals surface area contributed by atoms with Crippen molar-refractivity contribution in [3.05, 3.63) is 77.6 Å². The van der Waals surface area contributed by atoms with Crippen LogP contribution < -0.4 is 4.74 Å². The number of hydrogen-bond donors (Lipinski definition) is 0. The maximum atomic E-state index is 14.9. The second-order valence-electron chi connectivity index (χ2n) is 8.44. The van der Waals surface area contributed by atoms with Crippen LogP contribution in [0.2, 0.25) is 0 Å². The Morgan fingerprint density at radius 3 is 2.00 bits per heavy atom. The van der Waals surface area contributed by atoms with Gasteiger partial charge in [0.1, 0.15) is 0 Å². The number of hydrogen-bond acceptors (Lipinski definition) is 3. The van der Waals surface area contributed by atoms with E-state index in [0.717, 1.165) is 37.3 Å². The Labute approximate surface area is 196 Å². The normalized spacial score (nSPS) is 18.4. The van der Waals surface area contributed by atoms with Crippen LogP contribution in [0.5, 0.6) is 5.75 Å². The van der Waals surface area contributed by atoms with Crippen LogP contribution >= 0.6 is 0 Å². The smallest absolute Gasteiger partial charge is 0.201 e. The molecule has 0 radical (unpaired) electrons. The second kappa shape index (κ2) is 10.4. The first-order valence-corrected chi connectivity index (χ1v) is 11.5. The summed E-state index contributed by atoms with van der Waals surface area (Å²) in [5.41, 5.74) is 0.0485. The number of nitrogens with zero attached hydrogens (tertiary/aromatic N) is 2. The van der Waals surface area contributed by atoms with E-state index in [9.17, 15) is 17.6 Å². The van der Waals surface area contributed by atoms with Crippen molar-refractivity contribution in [3.63, 3.8) is 0 Å². The van der Waals surface area contributed by atoms with Crippen molar-refractivity contribution in [3.8, 4) is 28.3 Å². The third kappa shape index (κ3) is 4.69. The third-order valence-corrected chi connectivity index (χ3v) is 6.34. The monoisotopic (exact) mass is 470 g/mol. The molecule has 0 aliphatic heterocycles. The molecule has 1 aliphatic carbocycles. The topological polar surface area (TPSA) is 35.0 Å². The fourth-order valence-electron chi connectivity index (χ4n) is 4.54. The van der Waals surface area contributed by atoms with E-state index in [1.54, 1.807) is 19.3 Å². The van der Waals surface area contributed by atoms with Crippen molar-refractivity contribution >= 4 is 0 Å². The van der Waals surface area contributed by atoms with Gasteiger partial charge in [0.25, 0.3) is 0 Å². The molecular weight excluding hydrogens is 444 g/mol. The first-order valence-electron chi connectivity index (χ1n) is 11.5. The molecule has 0 saturated heterocycles. The highest BCUT2D eigenvalue weighted by Crippen LogP contribution is 2.37. The minimum Gasteiger partial charge on any atom is -0.491 e. The van der Waals surface area contributed by atoms with Gasteiger partial charge < -0.3 is 4.74 Å². The molecule has 3 nitrogen and oxygen atoms in total. The molecule has 34 heavy (non-hydrogen) atoms. The Kier molecular flexibility index (Phi) is 7.29. The molecule has 1 aliphatic rings. The van der Waals surface area contributed by atoms with Gasteiger partial charge in [-0.05, 0) is 75.1 Å². The first kappa shape index (κ1) is 23.9. The van der Waals surface area contributed by atoms with Crippen LogP contribution in [0.15, 0.2) is 48.8 Å². The Morgan fingerprint density at radius 1 is 0.824 bits per heavy atom. The molecule has 1 heterocycles. The molecule has 0 bridgehead atoms. The minimum absolute atomic E-state index is 0.0349. The standard InChI is InChI=1S/C27H26F4N2O/c1-3-5-16-6-8-17(9-7-16)18-14-32-27(33-15-18)21-11-10-19(23(28)25(21)30)20-12-13-22(34-4-2)26(31)24(20)29/h3,5,10-17H,4,6-9H2,1-2H3. The maximum absolute atomic E-state index is 14.9. The highest BCUT2D eigenvalue weighted by atomic mass is 19.2. The lowest BCUT2D eigenvalue weighted by Gasteiger charge is -2.26. The summed E-state index contributed by atoms with van der Waals surface area (Å²) in [4.78, 5) is 8.53. The van der Waals surface area contributed by atoms with E-state index in [1.807, 2.05) is 6.92 Å². The van der Waals surface area contributed by atoms with Gasteiger partial charge in [0.2, 0.25) is 5.82 Å². The molecule has 0 atom stereocenters. The third-order valence-electron chi connectivity index (χ3n) is 6.34. The number of aromatic nitrogens is 2. The first-order chi connectivity index (χ1) is 16.4. The maximum Gasteiger partial charge on any atom is 0.201 e. The number of ether oxygens (including phenoxy) is 1.